The van der Waals surface area contributed by atoms with Crippen LogP contribution in [0.2, 0.25) is 0 Å². The molecule has 1 aliphatic rings. The Morgan fingerprint density at radius 3 is 2.50 bits per heavy atom. The van der Waals surface area contributed by atoms with Gasteiger partial charge in [-0.3, -0.25) is 4.79 Å². The van der Waals surface area contributed by atoms with E-state index in [9.17, 15) is 13.2 Å². The lowest BCUT2D eigenvalue weighted by molar-refractivity contribution is -0.138. The Kier molecular flexibility index (Phi) is 4.74. The molecule has 1 saturated heterocycles. The second-order valence-electron chi connectivity index (χ2n) is 5.27. The first-order valence-corrected chi connectivity index (χ1v) is 7.79. The second kappa shape index (κ2) is 5.54. The van der Waals surface area contributed by atoms with Gasteiger partial charge in [0.25, 0.3) is 0 Å². The van der Waals surface area contributed by atoms with Crippen molar-refractivity contribution >= 4 is 15.7 Å². The van der Waals surface area contributed by atoms with Crippen LogP contribution in [0.4, 0.5) is 0 Å². The largest absolute Gasteiger partial charge is 0.383 e. The highest BCUT2D eigenvalue weighted by Gasteiger charge is 2.38. The Bertz CT molecular complexity index is 400. The molecule has 1 rings (SSSR count). The highest BCUT2D eigenvalue weighted by Crippen LogP contribution is 2.20. The fourth-order valence-electron chi connectivity index (χ4n) is 2.03. The standard InChI is InChI=1S/C11H22N2O4S/c1-11(2,12)10(14)13(5-6-17-3)9-4-7-18(15,16)8-9/h9H,4-8,12H2,1-3H3. The number of nitrogens with zero attached hydrogens (tertiary/aromatic N) is 1. The van der Waals surface area contributed by atoms with E-state index in [2.05, 4.69) is 0 Å². The minimum Gasteiger partial charge on any atom is -0.383 e. The first-order valence-electron chi connectivity index (χ1n) is 5.96. The summed E-state index contributed by atoms with van der Waals surface area (Å²) < 4.78 is 27.9. The Morgan fingerprint density at radius 1 is 1.50 bits per heavy atom. The van der Waals surface area contributed by atoms with E-state index < -0.39 is 15.4 Å². The van der Waals surface area contributed by atoms with Crippen molar-refractivity contribution in [2.75, 3.05) is 31.8 Å². The first-order chi connectivity index (χ1) is 8.17. The van der Waals surface area contributed by atoms with Gasteiger partial charge in [0.05, 0.1) is 23.7 Å². The van der Waals surface area contributed by atoms with Crippen LogP contribution < -0.4 is 5.73 Å². The van der Waals surface area contributed by atoms with Crippen molar-refractivity contribution < 1.29 is 17.9 Å². The number of sulfone groups is 1. The molecule has 1 atom stereocenters. The highest BCUT2D eigenvalue weighted by molar-refractivity contribution is 7.91. The molecule has 1 aliphatic heterocycles. The SMILES string of the molecule is COCCN(C(=O)C(C)(C)N)C1CCS(=O)(=O)C1. The van der Waals surface area contributed by atoms with Crippen LogP contribution in [0.15, 0.2) is 0 Å². The summed E-state index contributed by atoms with van der Waals surface area (Å²) in [5.41, 5.74) is 4.81. The predicted octanol–water partition coefficient (Wildman–Crippen LogP) is -0.614. The van der Waals surface area contributed by atoms with E-state index in [4.69, 9.17) is 10.5 Å². The molecule has 7 heteroatoms. The van der Waals surface area contributed by atoms with Gasteiger partial charge in [-0.25, -0.2) is 8.42 Å². The monoisotopic (exact) mass is 278 g/mol. The van der Waals surface area contributed by atoms with Crippen LogP contribution >= 0.6 is 0 Å². The van der Waals surface area contributed by atoms with Crippen molar-refractivity contribution in [3.63, 3.8) is 0 Å². The summed E-state index contributed by atoms with van der Waals surface area (Å²) in [4.78, 5) is 13.8. The van der Waals surface area contributed by atoms with Gasteiger partial charge in [-0.05, 0) is 20.3 Å². The maximum Gasteiger partial charge on any atom is 0.242 e. The Hall–Kier alpha value is -0.660. The Balaban J connectivity index is 2.82. The van der Waals surface area contributed by atoms with Crippen LogP contribution in [-0.2, 0) is 19.4 Å². The number of carbonyl (C=O) groups is 1. The van der Waals surface area contributed by atoms with E-state index in [-0.39, 0.29) is 23.5 Å². The molecule has 0 radical (unpaired) electrons. The highest BCUT2D eigenvalue weighted by atomic mass is 32.2. The summed E-state index contributed by atoms with van der Waals surface area (Å²) >= 11 is 0. The van der Waals surface area contributed by atoms with Gasteiger partial charge < -0.3 is 15.4 Å². The zero-order valence-corrected chi connectivity index (χ0v) is 12.0. The maximum absolute atomic E-state index is 12.2. The van der Waals surface area contributed by atoms with Crippen LogP contribution in [0.5, 0.6) is 0 Å². The van der Waals surface area contributed by atoms with Crippen LogP contribution in [-0.4, -0.2) is 62.6 Å². The zero-order valence-electron chi connectivity index (χ0n) is 11.2. The summed E-state index contributed by atoms with van der Waals surface area (Å²) in [6.07, 6.45) is 0.480. The fourth-order valence-corrected chi connectivity index (χ4v) is 3.76. The Labute approximate surface area is 108 Å². The molecular weight excluding hydrogens is 256 g/mol. The van der Waals surface area contributed by atoms with E-state index in [1.165, 1.54) is 0 Å². The lowest BCUT2D eigenvalue weighted by Gasteiger charge is -2.33. The number of amides is 1. The molecule has 18 heavy (non-hydrogen) atoms. The van der Waals surface area contributed by atoms with Gasteiger partial charge >= 0.3 is 0 Å². The van der Waals surface area contributed by atoms with Crippen molar-refractivity contribution in [3.05, 3.63) is 0 Å². The minimum atomic E-state index is -3.02. The molecule has 0 aliphatic carbocycles. The van der Waals surface area contributed by atoms with E-state index in [0.717, 1.165) is 0 Å². The third kappa shape index (κ3) is 3.93. The van der Waals surface area contributed by atoms with E-state index in [0.29, 0.717) is 19.6 Å². The fraction of sp³-hybridized carbons (Fsp3) is 0.909. The van der Waals surface area contributed by atoms with Crippen LogP contribution in [0, 0.1) is 0 Å². The average Bonchev–Trinajstić information content (AvgIpc) is 2.58. The number of nitrogens with two attached hydrogens (primary N) is 1. The molecular formula is C11H22N2O4S. The topological polar surface area (TPSA) is 89.7 Å². The molecule has 0 aromatic rings. The third-order valence-corrected chi connectivity index (χ3v) is 4.75. The number of methoxy groups -OCH3 is 1. The summed E-state index contributed by atoms with van der Waals surface area (Å²) in [6, 6.07) is -0.277. The van der Waals surface area contributed by atoms with Crippen molar-refractivity contribution in [3.8, 4) is 0 Å². The number of rotatable bonds is 5. The average molecular weight is 278 g/mol. The number of ether oxygens (including phenoxy) is 1. The summed E-state index contributed by atoms with van der Waals surface area (Å²) in [5, 5.41) is 0. The smallest absolute Gasteiger partial charge is 0.242 e. The van der Waals surface area contributed by atoms with E-state index in [1.807, 2.05) is 0 Å². The number of hydrogen-bond donors (Lipinski definition) is 1. The van der Waals surface area contributed by atoms with Crippen LogP contribution in [0.3, 0.4) is 0 Å². The first kappa shape index (κ1) is 15.4. The minimum absolute atomic E-state index is 0.0263. The van der Waals surface area contributed by atoms with E-state index >= 15 is 0 Å². The van der Waals surface area contributed by atoms with Gasteiger partial charge in [0.1, 0.15) is 0 Å². The molecule has 1 amide bonds. The normalized spacial score (nSPS) is 23.0. The molecule has 0 bridgehead atoms. The van der Waals surface area contributed by atoms with Crippen LogP contribution in [0.1, 0.15) is 20.3 Å². The molecule has 0 aromatic heterocycles. The van der Waals surface area contributed by atoms with Crippen molar-refractivity contribution in [1.82, 2.24) is 4.90 Å². The van der Waals surface area contributed by atoms with Crippen molar-refractivity contribution in [2.24, 2.45) is 5.73 Å². The third-order valence-electron chi connectivity index (χ3n) is 3.00. The molecule has 2 N–H and O–H groups in total. The van der Waals surface area contributed by atoms with Crippen molar-refractivity contribution in [2.45, 2.75) is 31.8 Å². The van der Waals surface area contributed by atoms with Gasteiger partial charge in [0.15, 0.2) is 9.84 Å². The maximum atomic E-state index is 12.2. The summed E-state index contributed by atoms with van der Waals surface area (Å²) in [5.74, 6) is -0.0699. The molecule has 1 heterocycles. The van der Waals surface area contributed by atoms with Gasteiger partial charge in [-0.2, -0.15) is 0 Å². The number of hydrogen-bond acceptors (Lipinski definition) is 5. The quantitative estimate of drug-likeness (QED) is 0.724. The Morgan fingerprint density at radius 2 is 2.11 bits per heavy atom. The molecule has 0 aromatic carbocycles. The van der Waals surface area contributed by atoms with Gasteiger partial charge in [-0.1, -0.05) is 0 Å². The van der Waals surface area contributed by atoms with Gasteiger partial charge in [-0.15, -0.1) is 0 Å². The lowest BCUT2D eigenvalue weighted by Crippen LogP contribution is -2.55. The van der Waals surface area contributed by atoms with Crippen molar-refractivity contribution in [1.29, 1.82) is 0 Å². The number of carbonyl (C=O) groups excluding carboxylic acids is 1. The molecule has 1 fully saturated rings. The van der Waals surface area contributed by atoms with E-state index in [1.54, 1.807) is 25.9 Å². The molecule has 0 saturated carbocycles. The second-order valence-corrected chi connectivity index (χ2v) is 7.50. The predicted molar refractivity (Wildman–Crippen MR) is 68.9 cm³/mol. The van der Waals surface area contributed by atoms with Gasteiger partial charge in [0, 0.05) is 19.7 Å². The summed E-state index contributed by atoms with van der Waals surface area (Å²) in [6.45, 7) is 3.99. The molecule has 1 unspecified atom stereocenters. The van der Waals surface area contributed by atoms with Gasteiger partial charge in [0.2, 0.25) is 5.91 Å². The molecule has 6 nitrogen and oxygen atoms in total. The lowest BCUT2D eigenvalue weighted by atomic mass is 10.0. The summed E-state index contributed by atoms with van der Waals surface area (Å²) in [7, 11) is -1.48. The zero-order chi connectivity index (χ0) is 14.0. The molecule has 106 valence electrons. The van der Waals surface area contributed by atoms with Crippen LogP contribution in [0.25, 0.3) is 0 Å². The molecule has 0 spiro atoms.